The molecule has 0 amide bonds. The Hall–Kier alpha value is -2.88. The van der Waals surface area contributed by atoms with E-state index >= 15 is 0 Å². The molecule has 4 N–H and O–H groups in total. The number of cyclic esters (lactones) is 1. The Morgan fingerprint density at radius 3 is 2.67 bits per heavy atom. The molecule has 0 radical (unpaired) electrons. The summed E-state index contributed by atoms with van der Waals surface area (Å²) in [6.07, 6.45) is -4.61. The minimum Gasteiger partial charge on any atom is -0.429 e. The molecule has 0 aliphatic carbocycles. The third kappa shape index (κ3) is 3.54. The molecule has 0 bridgehead atoms. The summed E-state index contributed by atoms with van der Waals surface area (Å²) in [5.74, 6) is 4.87. The third-order valence-corrected chi connectivity index (χ3v) is 3.21. The summed E-state index contributed by atoms with van der Waals surface area (Å²) in [5, 5.41) is 3.34. The number of nitrogens with two attached hydrogens (primary N) is 2. The summed E-state index contributed by atoms with van der Waals surface area (Å²) in [7, 11) is 0. The Morgan fingerprint density at radius 1 is 1.42 bits per heavy atom. The van der Waals surface area contributed by atoms with Crippen LogP contribution < -0.4 is 16.6 Å². The highest BCUT2D eigenvalue weighted by Crippen LogP contribution is 2.34. The monoisotopic (exact) mass is 342 g/mol. The number of esters is 1. The SMILES string of the molecule is Cc1ccc(N(N)/C=C(\N)C(F)(F)F)c(C2=CC(=O)OC2N=O)c1. The van der Waals surface area contributed by atoms with Crippen LogP contribution in [-0.4, -0.2) is 18.4 Å². The van der Waals surface area contributed by atoms with Gasteiger partial charge in [-0.1, -0.05) is 11.6 Å². The zero-order valence-electron chi connectivity index (χ0n) is 12.4. The lowest BCUT2D eigenvalue weighted by atomic mass is 10.0. The van der Waals surface area contributed by atoms with Crippen LogP contribution in [0.3, 0.4) is 0 Å². The van der Waals surface area contributed by atoms with Crippen molar-refractivity contribution in [3.8, 4) is 0 Å². The first-order valence-corrected chi connectivity index (χ1v) is 6.57. The molecule has 1 aliphatic rings. The number of allylic oxidation sites excluding steroid dienone is 1. The van der Waals surface area contributed by atoms with E-state index in [0.717, 1.165) is 11.6 Å². The summed E-state index contributed by atoms with van der Waals surface area (Å²) in [6, 6.07) is 4.56. The fourth-order valence-electron chi connectivity index (χ4n) is 2.09. The predicted molar refractivity (Wildman–Crippen MR) is 79.8 cm³/mol. The first-order valence-electron chi connectivity index (χ1n) is 6.57. The van der Waals surface area contributed by atoms with Crippen molar-refractivity contribution < 1.29 is 22.7 Å². The largest absolute Gasteiger partial charge is 0.432 e. The minimum absolute atomic E-state index is 0.0889. The standard InChI is InChI=1S/C14H13F3N4O3/c1-7-2-3-10(21(19)6-11(18)14(15,16)17)8(4-7)9-5-12(22)24-13(9)20-23/h2-6,13H,18-19H2,1H3/b11-6-. The van der Waals surface area contributed by atoms with E-state index in [4.69, 9.17) is 16.3 Å². The predicted octanol–water partition coefficient (Wildman–Crippen LogP) is 2.07. The highest BCUT2D eigenvalue weighted by atomic mass is 19.4. The average Bonchev–Trinajstić information content (AvgIpc) is 2.87. The van der Waals surface area contributed by atoms with Crippen molar-refractivity contribution in [3.05, 3.63) is 52.2 Å². The van der Waals surface area contributed by atoms with E-state index in [2.05, 4.69) is 5.18 Å². The van der Waals surface area contributed by atoms with Crippen LogP contribution >= 0.6 is 0 Å². The van der Waals surface area contributed by atoms with E-state index in [0.29, 0.717) is 11.2 Å². The van der Waals surface area contributed by atoms with Crippen molar-refractivity contribution in [1.29, 1.82) is 0 Å². The maximum atomic E-state index is 12.6. The van der Waals surface area contributed by atoms with Crippen LogP contribution in [0.5, 0.6) is 0 Å². The van der Waals surface area contributed by atoms with Crippen molar-refractivity contribution in [2.45, 2.75) is 19.3 Å². The van der Waals surface area contributed by atoms with Gasteiger partial charge in [-0.3, -0.25) is 5.01 Å². The molecule has 1 heterocycles. The van der Waals surface area contributed by atoms with Gasteiger partial charge in [0.1, 0.15) is 5.70 Å². The van der Waals surface area contributed by atoms with Crippen LogP contribution in [-0.2, 0) is 9.53 Å². The van der Waals surface area contributed by atoms with Gasteiger partial charge in [0.15, 0.2) is 0 Å². The molecule has 0 aromatic heterocycles. The van der Waals surface area contributed by atoms with E-state index < -0.39 is 24.1 Å². The van der Waals surface area contributed by atoms with Gasteiger partial charge < -0.3 is 10.5 Å². The second-order valence-corrected chi connectivity index (χ2v) is 5.00. The molecule has 2 rings (SSSR count). The zero-order chi connectivity index (χ0) is 18.1. The lowest BCUT2D eigenvalue weighted by Crippen LogP contribution is -2.30. The molecule has 1 aromatic rings. The van der Waals surface area contributed by atoms with E-state index in [9.17, 15) is 22.9 Å². The summed E-state index contributed by atoms with van der Waals surface area (Å²) < 4.78 is 42.3. The van der Waals surface area contributed by atoms with E-state index in [1.165, 1.54) is 6.07 Å². The molecule has 1 aliphatic heterocycles. The molecule has 24 heavy (non-hydrogen) atoms. The first-order chi connectivity index (χ1) is 11.1. The van der Waals surface area contributed by atoms with Gasteiger partial charge in [-0.25, -0.2) is 10.6 Å². The van der Waals surface area contributed by atoms with Crippen LogP contribution in [0.15, 0.2) is 41.3 Å². The number of ether oxygens (including phenoxy) is 1. The number of hydrogen-bond donors (Lipinski definition) is 2. The van der Waals surface area contributed by atoms with E-state index in [1.807, 2.05) is 0 Å². The van der Waals surface area contributed by atoms with Gasteiger partial charge in [-0.05, 0) is 24.2 Å². The van der Waals surface area contributed by atoms with Crippen LogP contribution in [0.25, 0.3) is 5.57 Å². The normalized spacial score (nSPS) is 18.2. The van der Waals surface area contributed by atoms with E-state index in [1.54, 1.807) is 19.1 Å². The topological polar surface area (TPSA) is 111 Å². The summed E-state index contributed by atoms with van der Waals surface area (Å²) in [5.41, 5.74) is 4.69. The van der Waals surface area contributed by atoms with Crippen molar-refractivity contribution in [3.63, 3.8) is 0 Å². The third-order valence-electron chi connectivity index (χ3n) is 3.21. The number of aryl methyl sites for hydroxylation is 1. The van der Waals surface area contributed by atoms with Crippen LogP contribution in [0.2, 0.25) is 0 Å². The molecule has 128 valence electrons. The molecule has 1 atom stereocenters. The smallest absolute Gasteiger partial charge is 0.429 e. The van der Waals surface area contributed by atoms with Gasteiger partial charge in [0, 0.05) is 23.4 Å². The van der Waals surface area contributed by atoms with Crippen LogP contribution in [0.1, 0.15) is 11.1 Å². The molecule has 1 aromatic carbocycles. The molecule has 7 nitrogen and oxygen atoms in total. The number of rotatable bonds is 4. The number of nitrogens with zero attached hydrogens (tertiary/aromatic N) is 2. The van der Waals surface area contributed by atoms with Gasteiger partial charge in [0.2, 0.25) is 0 Å². The summed E-state index contributed by atoms with van der Waals surface area (Å²) in [4.78, 5) is 22.2. The summed E-state index contributed by atoms with van der Waals surface area (Å²) in [6.45, 7) is 1.72. The highest BCUT2D eigenvalue weighted by molar-refractivity contribution is 5.99. The molecular weight excluding hydrogens is 329 g/mol. The second-order valence-electron chi connectivity index (χ2n) is 5.00. The van der Waals surface area contributed by atoms with Gasteiger partial charge >= 0.3 is 12.1 Å². The Balaban J connectivity index is 2.51. The Kier molecular flexibility index (Phi) is 4.60. The second kappa shape index (κ2) is 6.32. The Bertz CT molecular complexity index is 743. The average molecular weight is 342 g/mol. The van der Waals surface area contributed by atoms with Crippen LogP contribution in [0.4, 0.5) is 18.9 Å². The van der Waals surface area contributed by atoms with Crippen molar-refractivity contribution in [1.82, 2.24) is 0 Å². The maximum absolute atomic E-state index is 12.6. The number of hydrazine groups is 1. The lowest BCUT2D eigenvalue weighted by Gasteiger charge is -2.21. The van der Waals surface area contributed by atoms with Crippen molar-refractivity contribution in [2.24, 2.45) is 16.8 Å². The highest BCUT2D eigenvalue weighted by Gasteiger charge is 2.33. The molecule has 0 fully saturated rings. The van der Waals surface area contributed by atoms with Gasteiger partial charge in [-0.15, -0.1) is 4.91 Å². The van der Waals surface area contributed by atoms with Crippen LogP contribution in [0, 0.1) is 11.8 Å². The number of carbonyl (C=O) groups excluding carboxylic acids is 1. The molecule has 0 saturated carbocycles. The quantitative estimate of drug-likeness (QED) is 0.375. The number of benzene rings is 1. The van der Waals surface area contributed by atoms with Gasteiger partial charge in [-0.2, -0.15) is 13.2 Å². The Labute approximate surface area is 134 Å². The number of carbonyl (C=O) groups is 1. The number of anilines is 1. The molecule has 10 heteroatoms. The molecule has 1 unspecified atom stereocenters. The van der Waals surface area contributed by atoms with Crippen molar-refractivity contribution in [2.75, 3.05) is 5.01 Å². The lowest BCUT2D eigenvalue weighted by molar-refractivity contribution is -0.138. The number of alkyl halides is 3. The Morgan fingerprint density at radius 2 is 2.08 bits per heavy atom. The zero-order valence-corrected chi connectivity index (χ0v) is 12.4. The molecular formula is C14H13F3N4O3. The number of hydrogen-bond acceptors (Lipinski definition) is 7. The van der Waals surface area contributed by atoms with E-state index in [-0.39, 0.29) is 16.8 Å². The molecule has 0 spiro atoms. The molecule has 0 saturated heterocycles. The fraction of sp³-hybridized carbons (Fsp3) is 0.214. The van der Waals surface area contributed by atoms with Crippen molar-refractivity contribution >= 4 is 17.2 Å². The number of nitroso groups, excluding NO2 is 1. The fourth-order valence-corrected chi connectivity index (χ4v) is 2.09. The summed E-state index contributed by atoms with van der Waals surface area (Å²) >= 11 is 0. The minimum atomic E-state index is -4.75. The van der Waals surface area contributed by atoms with Gasteiger partial charge in [0.05, 0.1) is 5.69 Å². The van der Waals surface area contributed by atoms with Gasteiger partial charge in [0.25, 0.3) is 6.23 Å². The first kappa shape index (κ1) is 17.5. The maximum Gasteiger partial charge on any atom is 0.432 e. The number of halogens is 3.